The molecule has 0 nitrogen and oxygen atoms in total. The molecule has 2 aromatic rings. The summed E-state index contributed by atoms with van der Waals surface area (Å²) in [6.07, 6.45) is 13.6. The van der Waals surface area contributed by atoms with Crippen molar-refractivity contribution in [1.29, 1.82) is 0 Å². The summed E-state index contributed by atoms with van der Waals surface area (Å²) in [6.45, 7) is 2.16. The van der Waals surface area contributed by atoms with Gasteiger partial charge in [-0.3, -0.25) is 0 Å². The van der Waals surface area contributed by atoms with Crippen LogP contribution in [0.4, 0.5) is 0 Å². The van der Waals surface area contributed by atoms with E-state index >= 15 is 0 Å². The normalized spacial score (nSPS) is 16.4. The maximum Gasteiger partial charge on any atom is -0.0327 e. The Balaban J connectivity index is 0.000000231. The Hall–Kier alpha value is -0.747. The minimum atomic E-state index is 0. The Morgan fingerprint density at radius 3 is 2.07 bits per heavy atom. The van der Waals surface area contributed by atoms with E-state index in [2.05, 4.69) is 37.6 Å². The first-order valence-corrected chi connectivity index (χ1v) is 11.5. The Morgan fingerprint density at radius 1 is 0.828 bits per heavy atom. The van der Waals surface area contributed by atoms with Gasteiger partial charge in [0.05, 0.1) is 0 Å². The molecular weight excluding hydrogens is 474 g/mol. The zero-order chi connectivity index (χ0) is 18.9. The molecule has 3 aliphatic rings. The summed E-state index contributed by atoms with van der Waals surface area (Å²) in [4.78, 5) is 0. The number of hydrogen-bond donors (Lipinski definition) is 0. The maximum absolute atomic E-state index is 2.50. The van der Waals surface area contributed by atoms with Gasteiger partial charge in [0.15, 0.2) is 0 Å². The van der Waals surface area contributed by atoms with Gasteiger partial charge in [-0.1, -0.05) is 24.8 Å². The van der Waals surface area contributed by atoms with Crippen LogP contribution in [0.15, 0.2) is 83.0 Å². The van der Waals surface area contributed by atoms with E-state index in [1.54, 1.807) is 22.3 Å². The molecule has 0 amide bonds. The molecule has 0 N–H and O–H groups in total. The minimum Gasteiger partial charge on any atom is -1.00 e. The largest absolute Gasteiger partial charge is 1.00 e. The average molecular weight is 505 g/mol. The summed E-state index contributed by atoms with van der Waals surface area (Å²) in [7, 11) is 0. The molecule has 0 aliphatic heterocycles. The van der Waals surface area contributed by atoms with Gasteiger partial charge >= 0.3 is 70.3 Å². The Bertz CT molecular complexity index is 738. The number of allylic oxidation sites excluding steroid dienone is 4. The van der Waals surface area contributed by atoms with Crippen LogP contribution in [-0.2, 0) is 24.2 Å². The smallest absolute Gasteiger partial charge is 0.0327 e. The minimum absolute atomic E-state index is 0. The molecule has 5 rings (SSSR count). The van der Waals surface area contributed by atoms with Crippen LogP contribution in [0.1, 0.15) is 63.9 Å². The zero-order valence-electron chi connectivity index (χ0n) is 17.3. The zero-order valence-corrected chi connectivity index (χ0v) is 21.2. The SMILES string of the molecule is C[C](=[Zr+2])c1ccccc1.[CH-]1CCCC2=C1CC1=C2CCCC1.[Cl-].[Cl-].c1cc[cH-]c1. The summed E-state index contributed by atoms with van der Waals surface area (Å²) in [6, 6.07) is 20.5. The van der Waals surface area contributed by atoms with Gasteiger partial charge in [-0.2, -0.15) is 23.8 Å². The van der Waals surface area contributed by atoms with Gasteiger partial charge in [0.1, 0.15) is 0 Å². The summed E-state index contributed by atoms with van der Waals surface area (Å²) in [5, 5.41) is 0. The third kappa shape index (κ3) is 8.12. The fraction of sp³-hybridized carbons (Fsp3) is 0.346. The summed E-state index contributed by atoms with van der Waals surface area (Å²) in [5.74, 6) is 0. The number of halogens is 2. The van der Waals surface area contributed by atoms with Crippen LogP contribution >= 0.6 is 0 Å². The van der Waals surface area contributed by atoms with Crippen molar-refractivity contribution in [1.82, 2.24) is 0 Å². The third-order valence-corrected chi connectivity index (χ3v) is 6.23. The topological polar surface area (TPSA) is 0 Å². The van der Waals surface area contributed by atoms with Crippen LogP contribution < -0.4 is 24.8 Å². The van der Waals surface area contributed by atoms with E-state index in [0.29, 0.717) is 0 Å². The first-order chi connectivity index (χ1) is 13.3. The molecule has 0 heterocycles. The van der Waals surface area contributed by atoms with Crippen molar-refractivity contribution < 1.29 is 49.0 Å². The van der Waals surface area contributed by atoms with E-state index in [1.807, 2.05) is 36.4 Å². The molecule has 154 valence electrons. The monoisotopic (exact) mass is 502 g/mol. The molecule has 0 aromatic heterocycles. The van der Waals surface area contributed by atoms with Crippen LogP contribution in [-0.4, -0.2) is 3.21 Å². The second kappa shape index (κ2) is 14.3. The average Bonchev–Trinajstić information content (AvgIpc) is 3.41. The number of fused-ring (bicyclic) bond motifs is 1. The van der Waals surface area contributed by atoms with Gasteiger partial charge in [-0.15, -0.1) is 12.0 Å². The Labute approximate surface area is 204 Å². The first-order valence-electron chi connectivity index (χ1n) is 10.3. The predicted octanol–water partition coefficient (Wildman–Crippen LogP) is 1.13. The van der Waals surface area contributed by atoms with E-state index in [1.165, 1.54) is 84.4 Å². The van der Waals surface area contributed by atoms with Crippen molar-refractivity contribution in [2.45, 2.75) is 58.3 Å². The molecule has 0 spiro atoms. The molecular formula is C26H30Cl2Zr-2. The van der Waals surface area contributed by atoms with Crippen molar-refractivity contribution >= 4 is 3.21 Å². The molecule has 3 aliphatic carbocycles. The molecule has 0 fully saturated rings. The Morgan fingerprint density at radius 2 is 1.48 bits per heavy atom. The molecule has 3 heteroatoms. The molecule has 2 aromatic carbocycles. The van der Waals surface area contributed by atoms with Gasteiger partial charge in [0.25, 0.3) is 0 Å². The second-order valence-electron chi connectivity index (χ2n) is 7.52. The molecule has 29 heavy (non-hydrogen) atoms. The van der Waals surface area contributed by atoms with E-state index in [9.17, 15) is 0 Å². The quantitative estimate of drug-likeness (QED) is 0.511. The maximum atomic E-state index is 2.50. The van der Waals surface area contributed by atoms with Crippen LogP contribution in [0.3, 0.4) is 0 Å². The fourth-order valence-corrected chi connectivity index (χ4v) is 4.54. The number of benzene rings is 1. The van der Waals surface area contributed by atoms with E-state index in [-0.39, 0.29) is 24.8 Å². The molecule has 0 saturated heterocycles. The fourth-order valence-electron chi connectivity index (χ4n) is 4.13. The Kier molecular flexibility index (Phi) is 13.0. The van der Waals surface area contributed by atoms with Gasteiger partial charge in [0, 0.05) is 0 Å². The van der Waals surface area contributed by atoms with Crippen LogP contribution in [0, 0.1) is 6.42 Å². The van der Waals surface area contributed by atoms with Crippen LogP contribution in [0.25, 0.3) is 0 Å². The van der Waals surface area contributed by atoms with Crippen molar-refractivity contribution in [3.8, 4) is 0 Å². The summed E-state index contributed by atoms with van der Waals surface area (Å²) >= 11 is 1.51. The van der Waals surface area contributed by atoms with Gasteiger partial charge in [-0.25, -0.2) is 24.1 Å². The molecule has 0 atom stereocenters. The number of hydrogen-bond acceptors (Lipinski definition) is 0. The van der Waals surface area contributed by atoms with Crippen LogP contribution in [0.5, 0.6) is 0 Å². The van der Waals surface area contributed by atoms with Gasteiger partial charge < -0.3 is 24.8 Å². The third-order valence-electron chi connectivity index (χ3n) is 5.52. The van der Waals surface area contributed by atoms with E-state index in [0.717, 1.165) is 0 Å². The molecule has 0 bridgehead atoms. The van der Waals surface area contributed by atoms with Crippen molar-refractivity contribution in [2.75, 3.05) is 0 Å². The van der Waals surface area contributed by atoms with Gasteiger partial charge in [0.2, 0.25) is 0 Å². The van der Waals surface area contributed by atoms with Crippen molar-refractivity contribution in [3.63, 3.8) is 0 Å². The van der Waals surface area contributed by atoms with Crippen LogP contribution in [0.2, 0.25) is 0 Å². The van der Waals surface area contributed by atoms with Crippen molar-refractivity contribution in [3.05, 3.63) is 94.9 Å². The molecule has 0 saturated carbocycles. The first kappa shape index (κ1) is 26.3. The van der Waals surface area contributed by atoms with Crippen molar-refractivity contribution in [2.24, 2.45) is 0 Å². The standard InChI is InChI=1S/C13H17.C8H8.C5H5.2ClH.Zr/c1-3-7-12-10(5-1)9-11-6-2-4-8-13(11)12;1-2-8-6-4-3-5-7-8;1-2-4-5-3-1;;;/h5H,1-4,6-9H2;3-7H,1H3;1-5H;2*1H;/q-1;;-1;;;+2/p-2. The predicted molar refractivity (Wildman–Crippen MR) is 114 cm³/mol. The van der Waals surface area contributed by atoms with E-state index < -0.39 is 0 Å². The molecule has 0 unspecified atom stereocenters. The summed E-state index contributed by atoms with van der Waals surface area (Å²) in [5.41, 5.74) is 8.43. The van der Waals surface area contributed by atoms with E-state index in [4.69, 9.17) is 0 Å². The van der Waals surface area contributed by atoms with Gasteiger partial charge in [-0.05, 0) is 25.7 Å². The second-order valence-corrected chi connectivity index (χ2v) is 9.36. The molecule has 0 radical (unpaired) electrons. The number of rotatable bonds is 1. The summed E-state index contributed by atoms with van der Waals surface area (Å²) < 4.78 is 1.46.